The molecule has 96 valence electrons. The zero-order valence-corrected chi connectivity index (χ0v) is 12.9. The van der Waals surface area contributed by atoms with E-state index in [1.165, 1.54) is 20.2 Å². The highest BCUT2D eigenvalue weighted by Gasteiger charge is 2.10. The van der Waals surface area contributed by atoms with Gasteiger partial charge in [0.25, 0.3) is 0 Å². The van der Waals surface area contributed by atoms with Gasteiger partial charge in [0, 0.05) is 20.2 Å². The average molecular weight is 277 g/mol. The van der Waals surface area contributed by atoms with Gasteiger partial charge in [-0.2, -0.15) is 0 Å². The van der Waals surface area contributed by atoms with E-state index in [9.17, 15) is 0 Å². The molecule has 0 atom stereocenters. The lowest BCUT2D eigenvalue weighted by Crippen LogP contribution is -1.99. The normalized spacial score (nSPS) is 11.4. The van der Waals surface area contributed by atoms with Crippen LogP contribution in [0.4, 0.5) is 0 Å². The van der Waals surface area contributed by atoms with Gasteiger partial charge in [-0.15, -0.1) is 11.3 Å². The fourth-order valence-electron chi connectivity index (χ4n) is 1.75. The van der Waals surface area contributed by atoms with Gasteiger partial charge in [-0.25, -0.2) is 0 Å². The molecule has 0 N–H and O–H groups in total. The lowest BCUT2D eigenvalue weighted by molar-refractivity contribution is 0.703. The van der Waals surface area contributed by atoms with Crippen LogP contribution in [-0.4, -0.2) is 18.4 Å². The largest absolute Gasteiger partial charge is 0.253 e. The molecule has 0 aliphatic carbocycles. The number of hydrogen-bond donors (Lipinski definition) is 0. The second-order valence-corrected chi connectivity index (χ2v) is 7.22. The van der Waals surface area contributed by atoms with Crippen molar-refractivity contribution in [1.29, 1.82) is 0 Å². The number of benzene rings is 1. The Labute approximate surface area is 118 Å². The van der Waals surface area contributed by atoms with Crippen molar-refractivity contribution >= 4 is 23.3 Å². The molecule has 2 rings (SSSR count). The minimum Gasteiger partial charge on any atom is -0.253 e. The van der Waals surface area contributed by atoms with Crippen molar-refractivity contribution in [3.8, 4) is 10.4 Å². The third kappa shape index (κ3) is 3.16. The maximum Gasteiger partial charge on any atom is 0.0357 e. The standard InChI is InChI=1S/C15H19NS2/c1-11(2)13-9-10-14(17-13)12-7-5-6-8-15(12)18-16(3)4/h5-11H,1-4H3. The van der Waals surface area contributed by atoms with E-state index in [0.29, 0.717) is 5.92 Å². The highest BCUT2D eigenvalue weighted by molar-refractivity contribution is 7.97. The van der Waals surface area contributed by atoms with E-state index in [2.05, 4.69) is 68.6 Å². The van der Waals surface area contributed by atoms with Crippen LogP contribution in [0.25, 0.3) is 10.4 Å². The molecular weight excluding hydrogens is 258 g/mol. The number of hydrogen-bond acceptors (Lipinski definition) is 3. The fourth-order valence-corrected chi connectivity index (χ4v) is 3.68. The van der Waals surface area contributed by atoms with Gasteiger partial charge >= 0.3 is 0 Å². The maximum absolute atomic E-state index is 2.25. The maximum atomic E-state index is 2.25. The Kier molecular flexibility index (Phi) is 4.49. The Hall–Kier alpha value is -0.770. The van der Waals surface area contributed by atoms with Crippen LogP contribution in [0.3, 0.4) is 0 Å². The first-order chi connectivity index (χ1) is 8.58. The third-order valence-corrected chi connectivity index (χ3v) is 4.97. The van der Waals surface area contributed by atoms with Crippen LogP contribution in [-0.2, 0) is 0 Å². The van der Waals surface area contributed by atoms with Crippen molar-refractivity contribution < 1.29 is 0 Å². The molecule has 1 aromatic carbocycles. The highest BCUT2D eigenvalue weighted by Crippen LogP contribution is 2.37. The van der Waals surface area contributed by atoms with Gasteiger partial charge < -0.3 is 0 Å². The van der Waals surface area contributed by atoms with Crippen LogP contribution in [0.5, 0.6) is 0 Å². The summed E-state index contributed by atoms with van der Waals surface area (Å²) in [6.07, 6.45) is 0. The average Bonchev–Trinajstić information content (AvgIpc) is 2.78. The predicted octanol–water partition coefficient (Wildman–Crippen LogP) is 5.11. The van der Waals surface area contributed by atoms with E-state index >= 15 is 0 Å². The summed E-state index contributed by atoms with van der Waals surface area (Å²) in [6.45, 7) is 4.49. The van der Waals surface area contributed by atoms with Crippen molar-refractivity contribution in [3.63, 3.8) is 0 Å². The molecule has 0 bridgehead atoms. The van der Waals surface area contributed by atoms with Crippen LogP contribution in [0.2, 0.25) is 0 Å². The van der Waals surface area contributed by atoms with Crippen molar-refractivity contribution in [2.24, 2.45) is 0 Å². The zero-order chi connectivity index (χ0) is 13.1. The first kappa shape index (κ1) is 13.7. The fraction of sp³-hybridized carbons (Fsp3) is 0.333. The molecule has 1 nitrogen and oxygen atoms in total. The molecule has 18 heavy (non-hydrogen) atoms. The lowest BCUT2D eigenvalue weighted by Gasteiger charge is -2.12. The Balaban J connectivity index is 2.36. The molecule has 0 saturated carbocycles. The van der Waals surface area contributed by atoms with Gasteiger partial charge in [-0.05, 0) is 50.2 Å². The molecule has 0 spiro atoms. The third-order valence-electron chi connectivity index (χ3n) is 2.63. The Morgan fingerprint density at radius 3 is 2.39 bits per heavy atom. The summed E-state index contributed by atoms with van der Waals surface area (Å²) >= 11 is 3.68. The highest BCUT2D eigenvalue weighted by atomic mass is 32.2. The molecule has 0 radical (unpaired) electrons. The summed E-state index contributed by atoms with van der Waals surface area (Å²) in [7, 11) is 4.16. The minimum absolute atomic E-state index is 0.609. The Bertz CT molecular complexity index is 515. The summed E-state index contributed by atoms with van der Waals surface area (Å²) in [4.78, 5) is 4.14. The molecule has 0 fully saturated rings. The molecule has 1 aromatic heterocycles. The van der Waals surface area contributed by atoms with Crippen molar-refractivity contribution in [3.05, 3.63) is 41.3 Å². The number of nitrogens with zero attached hydrogens (tertiary/aromatic N) is 1. The second kappa shape index (κ2) is 5.91. The van der Waals surface area contributed by atoms with Crippen molar-refractivity contribution in [2.45, 2.75) is 24.7 Å². The van der Waals surface area contributed by atoms with E-state index < -0.39 is 0 Å². The van der Waals surface area contributed by atoms with E-state index in [1.807, 2.05) is 11.3 Å². The summed E-state index contributed by atoms with van der Waals surface area (Å²) in [5.74, 6) is 0.609. The minimum atomic E-state index is 0.609. The first-order valence-corrected chi connectivity index (χ1v) is 7.71. The molecule has 0 aliphatic rings. The topological polar surface area (TPSA) is 3.24 Å². The molecule has 0 unspecified atom stereocenters. The van der Waals surface area contributed by atoms with Gasteiger partial charge in [0.1, 0.15) is 0 Å². The van der Waals surface area contributed by atoms with Gasteiger partial charge in [0.05, 0.1) is 0 Å². The smallest absolute Gasteiger partial charge is 0.0357 e. The lowest BCUT2D eigenvalue weighted by atomic mass is 10.1. The second-order valence-electron chi connectivity index (χ2n) is 4.76. The summed E-state index contributed by atoms with van der Waals surface area (Å²) < 4.78 is 2.13. The van der Waals surface area contributed by atoms with E-state index in [0.717, 1.165) is 0 Å². The van der Waals surface area contributed by atoms with E-state index in [1.54, 1.807) is 11.9 Å². The van der Waals surface area contributed by atoms with Crippen LogP contribution in [0, 0.1) is 0 Å². The van der Waals surface area contributed by atoms with Gasteiger partial charge in [0.15, 0.2) is 0 Å². The molecule has 1 heterocycles. The predicted molar refractivity (Wildman–Crippen MR) is 83.4 cm³/mol. The number of thiophene rings is 1. The first-order valence-electron chi connectivity index (χ1n) is 6.12. The van der Waals surface area contributed by atoms with E-state index in [4.69, 9.17) is 0 Å². The van der Waals surface area contributed by atoms with Gasteiger partial charge in [0.2, 0.25) is 0 Å². The SMILES string of the molecule is CC(C)c1ccc(-c2ccccc2SN(C)C)s1. The van der Waals surface area contributed by atoms with Crippen LogP contribution in [0.1, 0.15) is 24.6 Å². The molecule has 3 heteroatoms. The quantitative estimate of drug-likeness (QED) is 0.715. The van der Waals surface area contributed by atoms with Gasteiger partial charge in [-0.1, -0.05) is 32.0 Å². The number of rotatable bonds is 4. The molecule has 2 aromatic rings. The summed E-state index contributed by atoms with van der Waals surface area (Å²) in [5, 5.41) is 0. The molecule has 0 saturated heterocycles. The van der Waals surface area contributed by atoms with Crippen LogP contribution >= 0.6 is 23.3 Å². The Morgan fingerprint density at radius 1 is 1.06 bits per heavy atom. The Morgan fingerprint density at radius 2 is 1.78 bits per heavy atom. The van der Waals surface area contributed by atoms with Crippen LogP contribution < -0.4 is 0 Å². The molecule has 0 amide bonds. The van der Waals surface area contributed by atoms with Gasteiger partial charge in [-0.3, -0.25) is 4.31 Å². The van der Waals surface area contributed by atoms with Crippen molar-refractivity contribution in [1.82, 2.24) is 4.31 Å². The monoisotopic (exact) mass is 277 g/mol. The summed E-state index contributed by atoms with van der Waals surface area (Å²) in [6, 6.07) is 13.1. The molecular formula is C15H19NS2. The van der Waals surface area contributed by atoms with E-state index in [-0.39, 0.29) is 0 Å². The molecule has 0 aliphatic heterocycles. The van der Waals surface area contributed by atoms with Crippen molar-refractivity contribution in [2.75, 3.05) is 14.1 Å². The summed E-state index contributed by atoms with van der Waals surface area (Å²) in [5.41, 5.74) is 1.34. The van der Waals surface area contributed by atoms with Crippen LogP contribution in [0.15, 0.2) is 41.3 Å². The zero-order valence-electron chi connectivity index (χ0n) is 11.3.